The van der Waals surface area contributed by atoms with Gasteiger partial charge in [0, 0.05) is 31.9 Å². The molecule has 0 fully saturated rings. The molecule has 9 heteroatoms. The summed E-state index contributed by atoms with van der Waals surface area (Å²) in [6.45, 7) is 3.19. The van der Waals surface area contributed by atoms with Crippen molar-refractivity contribution in [3.05, 3.63) is 34.7 Å². The number of ether oxygens (including phenoxy) is 1. The fourth-order valence-corrected chi connectivity index (χ4v) is 1.95. The van der Waals surface area contributed by atoms with Gasteiger partial charge in [0.1, 0.15) is 5.82 Å². The topological polar surface area (TPSA) is 108 Å². The van der Waals surface area contributed by atoms with Gasteiger partial charge < -0.3 is 14.6 Å². The first-order valence-corrected chi connectivity index (χ1v) is 6.94. The number of methoxy groups -OCH3 is 1. The van der Waals surface area contributed by atoms with Crippen molar-refractivity contribution in [1.29, 1.82) is 0 Å². The number of aryl methyl sites for hydroxylation is 2. The summed E-state index contributed by atoms with van der Waals surface area (Å²) in [5.41, 5.74) is -0.234. The average Bonchev–Trinajstić information content (AvgIpc) is 3.03. The zero-order valence-corrected chi connectivity index (χ0v) is 12.5. The van der Waals surface area contributed by atoms with Crippen LogP contribution in [0.25, 0.3) is 0 Å². The number of hydrogen-bond acceptors (Lipinski definition) is 7. The predicted molar refractivity (Wildman–Crippen MR) is 80.0 cm³/mol. The molecule has 0 radical (unpaired) electrons. The molecule has 118 valence electrons. The molecule has 0 amide bonds. The molecule has 1 N–H and O–H groups in total. The van der Waals surface area contributed by atoms with Crippen LogP contribution in [0, 0.1) is 10.1 Å². The summed E-state index contributed by atoms with van der Waals surface area (Å²) in [6.07, 6.45) is 6.65. The molecule has 0 aliphatic heterocycles. The molecule has 0 aliphatic rings. The van der Waals surface area contributed by atoms with Crippen LogP contribution < -0.4 is 10.1 Å². The lowest BCUT2D eigenvalue weighted by molar-refractivity contribution is -0.385. The smallest absolute Gasteiger partial charge is 0.372 e. The molecule has 0 saturated heterocycles. The van der Waals surface area contributed by atoms with Crippen molar-refractivity contribution in [1.82, 2.24) is 19.5 Å². The Balaban J connectivity index is 2.08. The van der Waals surface area contributed by atoms with Crippen molar-refractivity contribution in [3.63, 3.8) is 0 Å². The Labute approximate surface area is 127 Å². The zero-order valence-electron chi connectivity index (χ0n) is 12.5. The van der Waals surface area contributed by atoms with Crippen molar-refractivity contribution in [2.45, 2.75) is 26.3 Å². The third-order valence-electron chi connectivity index (χ3n) is 3.04. The van der Waals surface area contributed by atoms with E-state index in [1.54, 1.807) is 12.5 Å². The molecule has 2 rings (SSSR count). The van der Waals surface area contributed by atoms with Gasteiger partial charge in [-0.15, -0.1) is 0 Å². The van der Waals surface area contributed by atoms with Crippen molar-refractivity contribution in [3.8, 4) is 5.88 Å². The number of rotatable bonds is 8. The Morgan fingerprint density at radius 1 is 1.45 bits per heavy atom. The largest absolute Gasteiger partial charge is 0.476 e. The van der Waals surface area contributed by atoms with Gasteiger partial charge in [0.15, 0.2) is 0 Å². The maximum Gasteiger partial charge on any atom is 0.372 e. The third kappa shape index (κ3) is 3.68. The number of imidazole rings is 1. The van der Waals surface area contributed by atoms with Crippen LogP contribution in [0.3, 0.4) is 0 Å². The van der Waals surface area contributed by atoms with Crippen LogP contribution in [-0.4, -0.2) is 38.1 Å². The minimum Gasteiger partial charge on any atom is -0.476 e. The molecule has 2 aromatic rings. The van der Waals surface area contributed by atoms with E-state index in [1.807, 2.05) is 17.7 Å². The maximum absolute atomic E-state index is 11.2. The summed E-state index contributed by atoms with van der Waals surface area (Å²) < 4.78 is 6.95. The molecule has 0 bridgehead atoms. The minimum atomic E-state index is -0.531. The van der Waals surface area contributed by atoms with E-state index in [9.17, 15) is 10.1 Å². The second-order valence-corrected chi connectivity index (χ2v) is 4.54. The van der Waals surface area contributed by atoms with Crippen molar-refractivity contribution in [2.24, 2.45) is 0 Å². The molecular weight excluding hydrogens is 288 g/mol. The molecule has 0 atom stereocenters. The van der Waals surface area contributed by atoms with Crippen molar-refractivity contribution < 1.29 is 9.66 Å². The SMILES string of the molecule is CCc1nc(NCCCn2ccnc2)c([N+](=O)[O-])c(OC)n1. The summed E-state index contributed by atoms with van der Waals surface area (Å²) in [5, 5.41) is 14.2. The fourth-order valence-electron chi connectivity index (χ4n) is 1.95. The van der Waals surface area contributed by atoms with Crippen LogP contribution >= 0.6 is 0 Å². The van der Waals surface area contributed by atoms with Crippen molar-refractivity contribution in [2.75, 3.05) is 19.0 Å². The van der Waals surface area contributed by atoms with E-state index < -0.39 is 4.92 Å². The molecule has 0 unspecified atom stereocenters. The van der Waals surface area contributed by atoms with Gasteiger partial charge in [-0.25, -0.2) is 9.97 Å². The van der Waals surface area contributed by atoms with E-state index in [2.05, 4.69) is 20.3 Å². The standard InChI is InChI=1S/C13H18N6O3/c1-3-10-16-12(11(19(20)21)13(17-10)22-2)15-5-4-7-18-8-6-14-9-18/h6,8-9H,3-5,7H2,1-2H3,(H,15,16,17). The summed E-state index contributed by atoms with van der Waals surface area (Å²) in [6, 6.07) is 0. The van der Waals surface area contributed by atoms with E-state index in [0.717, 1.165) is 13.0 Å². The van der Waals surface area contributed by atoms with Crippen LogP contribution in [0.2, 0.25) is 0 Å². The zero-order chi connectivity index (χ0) is 15.9. The van der Waals surface area contributed by atoms with Gasteiger partial charge in [0.25, 0.3) is 5.88 Å². The Kier molecular flexibility index (Phi) is 5.23. The highest BCUT2D eigenvalue weighted by molar-refractivity contribution is 5.61. The van der Waals surface area contributed by atoms with Crippen LogP contribution in [0.5, 0.6) is 5.88 Å². The predicted octanol–water partition coefficient (Wildman–Crippen LogP) is 1.65. The number of aromatic nitrogens is 4. The highest BCUT2D eigenvalue weighted by Crippen LogP contribution is 2.31. The first-order valence-electron chi connectivity index (χ1n) is 6.94. The Hall–Kier alpha value is -2.71. The first kappa shape index (κ1) is 15.7. The molecule has 0 aliphatic carbocycles. The van der Waals surface area contributed by atoms with E-state index in [-0.39, 0.29) is 17.4 Å². The van der Waals surface area contributed by atoms with Gasteiger partial charge in [-0.2, -0.15) is 4.98 Å². The minimum absolute atomic E-state index is 0.0195. The fraction of sp³-hybridized carbons (Fsp3) is 0.462. The van der Waals surface area contributed by atoms with Gasteiger partial charge in [-0.1, -0.05) is 6.92 Å². The lowest BCUT2D eigenvalue weighted by atomic mass is 10.3. The molecule has 22 heavy (non-hydrogen) atoms. The van der Waals surface area contributed by atoms with Gasteiger partial charge in [0.2, 0.25) is 5.82 Å². The summed E-state index contributed by atoms with van der Waals surface area (Å²) >= 11 is 0. The van der Waals surface area contributed by atoms with E-state index >= 15 is 0 Å². The number of nitrogens with one attached hydrogen (secondary N) is 1. The number of nitro groups is 1. The van der Waals surface area contributed by atoms with Crippen LogP contribution in [0.4, 0.5) is 11.5 Å². The third-order valence-corrected chi connectivity index (χ3v) is 3.04. The summed E-state index contributed by atoms with van der Waals surface area (Å²) in [7, 11) is 1.36. The second-order valence-electron chi connectivity index (χ2n) is 4.54. The Morgan fingerprint density at radius 2 is 2.27 bits per heavy atom. The molecule has 0 aromatic carbocycles. The quantitative estimate of drug-likeness (QED) is 0.449. The molecule has 0 saturated carbocycles. The summed E-state index contributed by atoms with van der Waals surface area (Å²) in [4.78, 5) is 22.9. The monoisotopic (exact) mass is 306 g/mol. The van der Waals surface area contributed by atoms with Crippen LogP contribution in [0.1, 0.15) is 19.2 Å². The lowest BCUT2D eigenvalue weighted by Gasteiger charge is -2.10. The van der Waals surface area contributed by atoms with Gasteiger partial charge in [0.05, 0.1) is 18.4 Å². The van der Waals surface area contributed by atoms with Gasteiger partial charge >= 0.3 is 5.69 Å². The molecule has 2 heterocycles. The highest BCUT2D eigenvalue weighted by Gasteiger charge is 2.25. The molecule has 0 spiro atoms. The van der Waals surface area contributed by atoms with E-state index in [1.165, 1.54) is 7.11 Å². The average molecular weight is 306 g/mol. The highest BCUT2D eigenvalue weighted by atomic mass is 16.6. The number of anilines is 1. The number of hydrogen-bond donors (Lipinski definition) is 1. The van der Waals surface area contributed by atoms with Gasteiger partial charge in [-0.3, -0.25) is 10.1 Å². The Morgan fingerprint density at radius 3 is 2.86 bits per heavy atom. The van der Waals surface area contributed by atoms with Gasteiger partial charge in [-0.05, 0) is 6.42 Å². The van der Waals surface area contributed by atoms with E-state index in [4.69, 9.17) is 4.74 Å². The number of nitrogens with zero attached hydrogens (tertiary/aromatic N) is 5. The molecule has 9 nitrogen and oxygen atoms in total. The molecule has 2 aromatic heterocycles. The Bertz CT molecular complexity index is 629. The summed E-state index contributed by atoms with van der Waals surface area (Å²) in [5.74, 6) is 0.674. The van der Waals surface area contributed by atoms with E-state index in [0.29, 0.717) is 18.8 Å². The first-order chi connectivity index (χ1) is 10.7. The van der Waals surface area contributed by atoms with Crippen LogP contribution in [-0.2, 0) is 13.0 Å². The normalized spacial score (nSPS) is 10.5. The second kappa shape index (κ2) is 7.34. The van der Waals surface area contributed by atoms with Crippen molar-refractivity contribution >= 4 is 11.5 Å². The molecular formula is C13H18N6O3. The maximum atomic E-state index is 11.2. The lowest BCUT2D eigenvalue weighted by Crippen LogP contribution is -2.12. The van der Waals surface area contributed by atoms with Crippen LogP contribution in [0.15, 0.2) is 18.7 Å².